The summed E-state index contributed by atoms with van der Waals surface area (Å²) in [5, 5.41) is 4.79. The molecule has 2 aliphatic rings. The molecule has 0 saturated heterocycles. The largest absolute Gasteiger partial charge is 0.311 e. The summed E-state index contributed by atoms with van der Waals surface area (Å²) in [6, 6.07) is 68.8. The molecule has 0 amide bonds. The van der Waals surface area contributed by atoms with E-state index in [1.807, 2.05) is 12.2 Å². The molecule has 3 nitrogen and oxygen atoms in total. The molecule has 0 atom stereocenters. The highest BCUT2D eigenvalue weighted by atomic mass is 15.2. The minimum absolute atomic E-state index is 0.00294. The highest BCUT2D eigenvalue weighted by Crippen LogP contribution is 2.50. The van der Waals surface area contributed by atoms with Gasteiger partial charge in [0, 0.05) is 45.4 Å². The van der Waals surface area contributed by atoms with Crippen LogP contribution in [0.4, 0.5) is 51.2 Å². The van der Waals surface area contributed by atoms with Crippen molar-refractivity contribution in [3.8, 4) is 0 Å². The number of benzene rings is 9. The molecule has 0 aromatic heterocycles. The van der Waals surface area contributed by atoms with Gasteiger partial charge in [-0.2, -0.15) is 0 Å². The zero-order chi connectivity index (χ0) is 50.3. The minimum Gasteiger partial charge on any atom is -0.311 e. The van der Waals surface area contributed by atoms with Crippen molar-refractivity contribution in [2.24, 2.45) is 0 Å². The first-order chi connectivity index (χ1) is 34.5. The molecule has 0 N–H and O–H groups in total. The van der Waals surface area contributed by atoms with Gasteiger partial charge < -0.3 is 14.7 Å². The van der Waals surface area contributed by atoms with Crippen molar-refractivity contribution in [2.45, 2.75) is 78.6 Å². The summed E-state index contributed by atoms with van der Waals surface area (Å²) in [5.74, 6) is 0. The second-order valence-electron chi connectivity index (χ2n) is 22.8. The molecule has 0 saturated carbocycles. The van der Waals surface area contributed by atoms with E-state index in [1.54, 1.807) is 0 Å². The Morgan fingerprint density at radius 3 is 1.42 bits per heavy atom. The van der Waals surface area contributed by atoms with Gasteiger partial charge in [-0.25, -0.2) is 0 Å². The van der Waals surface area contributed by atoms with Crippen LogP contribution >= 0.6 is 0 Å². The summed E-state index contributed by atoms with van der Waals surface area (Å²) in [5.41, 5.74) is 19.8. The van der Waals surface area contributed by atoms with E-state index in [0.717, 1.165) is 56.6 Å². The molecule has 2 aliphatic heterocycles. The van der Waals surface area contributed by atoms with E-state index in [9.17, 15) is 0 Å². The topological polar surface area (TPSA) is 9.72 Å². The summed E-state index contributed by atoms with van der Waals surface area (Å²) < 4.78 is 0. The van der Waals surface area contributed by atoms with Gasteiger partial charge in [-0.1, -0.05) is 209 Å². The van der Waals surface area contributed by atoms with Gasteiger partial charge in [-0.3, -0.25) is 0 Å². The summed E-state index contributed by atoms with van der Waals surface area (Å²) in [7, 11) is 0. The van der Waals surface area contributed by atoms with Crippen molar-refractivity contribution in [2.75, 3.05) is 14.7 Å². The predicted molar refractivity (Wildman–Crippen MR) is 315 cm³/mol. The van der Waals surface area contributed by atoms with Crippen LogP contribution in [0, 0.1) is 0 Å². The summed E-state index contributed by atoms with van der Waals surface area (Å²) in [6.45, 7) is 29.3. The summed E-state index contributed by atoms with van der Waals surface area (Å²) in [6.07, 6.45) is 5.89. The van der Waals surface area contributed by atoms with Gasteiger partial charge in [-0.05, 0) is 143 Å². The van der Waals surface area contributed by atoms with Crippen molar-refractivity contribution in [1.82, 2.24) is 0 Å². The molecule has 72 heavy (non-hydrogen) atoms. The molecule has 0 unspecified atom stereocenters. The molecule has 354 valence electrons. The van der Waals surface area contributed by atoms with Crippen molar-refractivity contribution in [1.29, 1.82) is 0 Å². The molecule has 0 bridgehead atoms. The number of para-hydroxylation sites is 1. The smallest absolute Gasteiger partial charge is 0.252 e. The quantitative estimate of drug-likeness (QED) is 0.111. The van der Waals surface area contributed by atoms with Gasteiger partial charge in [0.05, 0.1) is 11.4 Å². The van der Waals surface area contributed by atoms with Crippen LogP contribution < -0.4 is 31.1 Å². The van der Waals surface area contributed by atoms with Crippen LogP contribution in [0.3, 0.4) is 0 Å². The zero-order valence-corrected chi connectivity index (χ0v) is 43.4. The lowest BCUT2D eigenvalue weighted by Gasteiger charge is -2.46. The van der Waals surface area contributed by atoms with Crippen molar-refractivity contribution in [3.63, 3.8) is 0 Å². The lowest BCUT2D eigenvalue weighted by molar-refractivity contribution is 0.590. The van der Waals surface area contributed by atoms with Crippen LogP contribution in [0.1, 0.15) is 84.6 Å². The average molecular weight is 934 g/mol. The Bertz CT molecular complexity index is 3570. The van der Waals surface area contributed by atoms with Crippen molar-refractivity contribution in [3.05, 3.63) is 236 Å². The van der Waals surface area contributed by atoms with E-state index in [1.165, 1.54) is 60.3 Å². The van der Waals surface area contributed by atoms with E-state index in [-0.39, 0.29) is 23.0 Å². The maximum atomic E-state index is 4.34. The van der Waals surface area contributed by atoms with Crippen LogP contribution in [-0.2, 0) is 16.2 Å². The second kappa shape index (κ2) is 17.5. The minimum atomic E-state index is -0.0841. The Morgan fingerprint density at radius 2 is 0.903 bits per heavy atom. The predicted octanol–water partition coefficient (Wildman–Crippen LogP) is 17.2. The second-order valence-corrected chi connectivity index (χ2v) is 22.8. The number of rotatable bonds is 8. The van der Waals surface area contributed by atoms with Crippen LogP contribution in [0.5, 0.6) is 0 Å². The van der Waals surface area contributed by atoms with Gasteiger partial charge in [0.2, 0.25) is 0 Å². The Balaban J connectivity index is 1.31. The van der Waals surface area contributed by atoms with Gasteiger partial charge >= 0.3 is 0 Å². The Kier molecular flexibility index (Phi) is 11.3. The highest BCUT2D eigenvalue weighted by Gasteiger charge is 2.45. The fourth-order valence-corrected chi connectivity index (χ4v) is 11.1. The number of nitrogens with zero attached hydrogens (tertiary/aromatic N) is 3. The first-order valence-corrected chi connectivity index (χ1v) is 25.5. The molecular weight excluding hydrogens is 870 g/mol. The maximum absolute atomic E-state index is 4.34. The average Bonchev–Trinajstić information content (AvgIpc) is 3.37. The van der Waals surface area contributed by atoms with E-state index >= 15 is 0 Å². The Hall–Kier alpha value is -7.82. The Labute approximate surface area is 428 Å². The summed E-state index contributed by atoms with van der Waals surface area (Å²) >= 11 is 0. The van der Waals surface area contributed by atoms with Crippen LogP contribution in [-0.4, -0.2) is 6.71 Å². The Morgan fingerprint density at radius 1 is 0.431 bits per heavy atom. The number of allylic oxidation sites excluding steroid dienone is 4. The lowest BCUT2D eigenvalue weighted by atomic mass is 9.33. The van der Waals surface area contributed by atoms with Crippen molar-refractivity contribution < 1.29 is 0 Å². The van der Waals surface area contributed by atoms with Crippen LogP contribution in [0.25, 0.3) is 27.1 Å². The molecule has 9 aromatic carbocycles. The summed E-state index contributed by atoms with van der Waals surface area (Å²) in [4.78, 5) is 7.58. The molecule has 0 aliphatic carbocycles. The first kappa shape index (κ1) is 46.6. The molecule has 0 radical (unpaired) electrons. The van der Waals surface area contributed by atoms with E-state index in [2.05, 4.69) is 278 Å². The normalized spacial score (nSPS) is 13.5. The molecule has 4 heteroatoms. The third-order valence-electron chi connectivity index (χ3n) is 15.0. The molecule has 11 rings (SSSR count). The molecular formula is C68H64BN3. The third-order valence-corrected chi connectivity index (χ3v) is 15.0. The number of fused-ring (bicyclic) bond motifs is 6. The van der Waals surface area contributed by atoms with E-state index in [0.29, 0.717) is 0 Å². The van der Waals surface area contributed by atoms with Gasteiger partial charge in [-0.15, -0.1) is 0 Å². The fourth-order valence-electron chi connectivity index (χ4n) is 11.1. The zero-order valence-electron chi connectivity index (χ0n) is 43.4. The highest BCUT2D eigenvalue weighted by molar-refractivity contribution is 7.00. The van der Waals surface area contributed by atoms with Gasteiger partial charge in [0.1, 0.15) is 0 Å². The molecule has 0 spiro atoms. The number of hydrogen-bond donors (Lipinski definition) is 0. The van der Waals surface area contributed by atoms with E-state index < -0.39 is 0 Å². The third kappa shape index (κ3) is 8.04. The van der Waals surface area contributed by atoms with Crippen molar-refractivity contribution >= 4 is 101 Å². The monoisotopic (exact) mass is 934 g/mol. The maximum Gasteiger partial charge on any atom is 0.252 e. The number of anilines is 9. The standard InChI is InChI=1S/C68H64BN3/c1-12-20-45(13-2)57-25-18-19-26-60(57)72-62-38-32-52(68(9,10)11)42-59(62)69-58-41-51(67(6,7)8)31-37-61(58)71(53-35-29-50(30-36-53)66(3,4)5)63-43-56(44-64(72)65(63)69)70(54-33-27-46-21-14-16-23-48(46)39-54)55-34-28-47-22-15-17-24-49(47)40-55/h12-44H,1-2H2,3-11H3/b45-20+. The van der Waals surface area contributed by atoms with Crippen LogP contribution in [0.2, 0.25) is 0 Å². The van der Waals surface area contributed by atoms with E-state index in [4.69, 9.17) is 0 Å². The molecule has 9 aromatic rings. The fraction of sp³-hybridized carbons (Fsp3) is 0.176. The number of hydrogen-bond acceptors (Lipinski definition) is 3. The van der Waals surface area contributed by atoms with Gasteiger partial charge in [0.15, 0.2) is 0 Å². The van der Waals surface area contributed by atoms with Gasteiger partial charge in [0.25, 0.3) is 6.71 Å². The molecule has 2 heterocycles. The SMILES string of the molecule is C=C/C=C(\C=C)c1ccccc1N1c2ccc(C(C)(C)C)cc2B2c3cc(C(C)(C)C)ccc3N(c3ccc(C(C)(C)C)cc3)c3cc(N(c4ccc5ccccc5c4)c4ccc5ccccc5c4)cc1c32. The lowest BCUT2D eigenvalue weighted by Crippen LogP contribution is -2.61. The molecule has 0 fully saturated rings. The van der Waals surface area contributed by atoms with Crippen LogP contribution in [0.15, 0.2) is 213 Å². The first-order valence-electron chi connectivity index (χ1n) is 25.5.